The first-order valence-electron chi connectivity index (χ1n) is 4.86. The molecule has 0 aromatic carbocycles. The lowest BCUT2D eigenvalue weighted by Crippen LogP contribution is -2.40. The molecule has 0 saturated heterocycles. The molecule has 0 atom stereocenters. The van der Waals surface area contributed by atoms with Crippen molar-refractivity contribution in [3.8, 4) is 6.07 Å². The summed E-state index contributed by atoms with van der Waals surface area (Å²) in [4.78, 5) is 23.3. The second-order valence-corrected chi connectivity index (χ2v) is 3.84. The summed E-state index contributed by atoms with van der Waals surface area (Å²) in [6.45, 7) is 3.73. The van der Waals surface area contributed by atoms with Gasteiger partial charge >= 0.3 is 5.69 Å². The molecule has 0 aliphatic heterocycles. The van der Waals surface area contributed by atoms with Crippen molar-refractivity contribution in [3.63, 3.8) is 0 Å². The lowest BCUT2D eigenvalue weighted by Gasteiger charge is -2.15. The molecule has 0 spiro atoms. The van der Waals surface area contributed by atoms with Gasteiger partial charge in [0, 0.05) is 20.1 Å². The maximum atomic E-state index is 11.7. The first-order valence-corrected chi connectivity index (χ1v) is 4.86. The molecule has 6 heteroatoms. The van der Waals surface area contributed by atoms with E-state index >= 15 is 0 Å². The van der Waals surface area contributed by atoms with Crippen molar-refractivity contribution in [2.45, 2.75) is 19.9 Å². The van der Waals surface area contributed by atoms with Crippen molar-refractivity contribution in [3.05, 3.63) is 26.4 Å². The Kier molecular flexibility index (Phi) is 3.18. The van der Waals surface area contributed by atoms with E-state index in [0.717, 1.165) is 4.57 Å². The van der Waals surface area contributed by atoms with Crippen molar-refractivity contribution in [1.82, 2.24) is 9.13 Å². The number of nitrogens with zero attached hydrogens (tertiary/aromatic N) is 3. The van der Waals surface area contributed by atoms with Crippen LogP contribution < -0.4 is 16.6 Å². The highest BCUT2D eigenvalue weighted by Crippen LogP contribution is 2.08. The molecule has 1 N–H and O–H groups in total. The average molecular weight is 222 g/mol. The summed E-state index contributed by atoms with van der Waals surface area (Å²) in [5.74, 6) is 0.269. The molecule has 0 saturated carbocycles. The molecular weight excluding hydrogens is 208 g/mol. The first kappa shape index (κ1) is 12.0. The number of anilines is 1. The summed E-state index contributed by atoms with van der Waals surface area (Å²) >= 11 is 0. The Morgan fingerprint density at radius 2 is 1.81 bits per heavy atom. The van der Waals surface area contributed by atoms with E-state index < -0.39 is 11.2 Å². The fourth-order valence-electron chi connectivity index (χ4n) is 1.39. The largest absolute Gasteiger partial charge is 0.368 e. The van der Waals surface area contributed by atoms with Gasteiger partial charge in [0.2, 0.25) is 0 Å². The van der Waals surface area contributed by atoms with E-state index in [1.165, 1.54) is 18.7 Å². The average Bonchev–Trinajstić information content (AvgIpc) is 2.23. The van der Waals surface area contributed by atoms with Gasteiger partial charge in [-0.25, -0.2) is 4.79 Å². The molecule has 0 aliphatic rings. The lowest BCUT2D eigenvalue weighted by atomic mass is 10.3. The van der Waals surface area contributed by atoms with E-state index in [1.54, 1.807) is 0 Å². The zero-order valence-corrected chi connectivity index (χ0v) is 9.74. The molecule has 16 heavy (non-hydrogen) atoms. The van der Waals surface area contributed by atoms with Crippen molar-refractivity contribution in [2.75, 3.05) is 5.32 Å². The number of nitriles is 1. The molecule has 0 fully saturated rings. The van der Waals surface area contributed by atoms with E-state index in [9.17, 15) is 9.59 Å². The standard InChI is InChI=1S/C10H14N4O2/c1-6(2)12-8-7(5-11)9(15)14(4)10(16)13(8)3/h6,12H,1-4H3. The van der Waals surface area contributed by atoms with Crippen LogP contribution in [-0.2, 0) is 14.1 Å². The molecule has 0 amide bonds. The molecule has 1 aromatic heterocycles. The highest BCUT2D eigenvalue weighted by Gasteiger charge is 2.15. The summed E-state index contributed by atoms with van der Waals surface area (Å²) < 4.78 is 2.18. The van der Waals surface area contributed by atoms with Crippen molar-refractivity contribution < 1.29 is 0 Å². The summed E-state index contributed by atoms with van der Waals surface area (Å²) in [5, 5.41) is 11.9. The van der Waals surface area contributed by atoms with Crippen LogP contribution in [0.15, 0.2) is 9.59 Å². The van der Waals surface area contributed by atoms with Gasteiger partial charge in [-0.2, -0.15) is 5.26 Å². The zero-order valence-electron chi connectivity index (χ0n) is 9.74. The number of hydrogen-bond donors (Lipinski definition) is 1. The molecule has 0 bridgehead atoms. The first-order chi connectivity index (χ1) is 7.40. The van der Waals surface area contributed by atoms with Crippen LogP contribution in [-0.4, -0.2) is 15.2 Å². The highest BCUT2D eigenvalue weighted by molar-refractivity contribution is 5.51. The Balaban J connectivity index is 3.67. The van der Waals surface area contributed by atoms with Gasteiger partial charge in [0.05, 0.1) is 0 Å². The third-order valence-corrected chi connectivity index (χ3v) is 2.20. The topological polar surface area (TPSA) is 79.8 Å². The number of aromatic nitrogens is 2. The maximum absolute atomic E-state index is 11.7. The van der Waals surface area contributed by atoms with E-state index in [-0.39, 0.29) is 17.4 Å². The Labute approximate surface area is 92.7 Å². The van der Waals surface area contributed by atoms with E-state index in [2.05, 4.69) is 5.32 Å². The molecular formula is C10H14N4O2. The normalized spacial score (nSPS) is 10.2. The molecule has 86 valence electrons. The van der Waals surface area contributed by atoms with Gasteiger partial charge in [0.15, 0.2) is 5.56 Å². The van der Waals surface area contributed by atoms with Crippen molar-refractivity contribution in [2.24, 2.45) is 14.1 Å². The van der Waals surface area contributed by atoms with Crippen LogP contribution in [0.4, 0.5) is 5.82 Å². The third kappa shape index (κ3) is 1.84. The quantitative estimate of drug-likeness (QED) is 0.750. The van der Waals surface area contributed by atoms with Gasteiger partial charge in [-0.15, -0.1) is 0 Å². The molecule has 0 aliphatic carbocycles. The van der Waals surface area contributed by atoms with Crippen molar-refractivity contribution >= 4 is 5.82 Å². The molecule has 0 radical (unpaired) electrons. The fourth-order valence-corrected chi connectivity index (χ4v) is 1.39. The summed E-state index contributed by atoms with van der Waals surface area (Å²) in [6, 6.07) is 1.85. The predicted molar refractivity (Wildman–Crippen MR) is 60.4 cm³/mol. The highest BCUT2D eigenvalue weighted by atomic mass is 16.2. The van der Waals surface area contributed by atoms with Gasteiger partial charge in [-0.05, 0) is 13.8 Å². The molecule has 1 rings (SSSR count). The van der Waals surface area contributed by atoms with Crippen LogP contribution in [0.3, 0.4) is 0 Å². The molecule has 0 unspecified atom stereocenters. The Morgan fingerprint density at radius 1 is 1.25 bits per heavy atom. The Bertz CT molecular complexity index is 560. The van der Waals surface area contributed by atoms with Gasteiger partial charge in [-0.3, -0.25) is 13.9 Å². The number of nitrogens with one attached hydrogen (secondary N) is 1. The SMILES string of the molecule is CC(C)Nc1c(C#N)c(=O)n(C)c(=O)n1C. The van der Waals surface area contributed by atoms with Gasteiger partial charge < -0.3 is 5.32 Å². The predicted octanol–water partition coefficient (Wildman–Crippen LogP) is -0.224. The minimum atomic E-state index is -0.575. The van der Waals surface area contributed by atoms with Crippen LogP contribution in [0, 0.1) is 11.3 Å². The second-order valence-electron chi connectivity index (χ2n) is 3.84. The van der Waals surface area contributed by atoms with E-state index in [4.69, 9.17) is 5.26 Å². The van der Waals surface area contributed by atoms with Gasteiger partial charge in [0.25, 0.3) is 5.56 Å². The van der Waals surface area contributed by atoms with Crippen LogP contribution in [0.25, 0.3) is 0 Å². The summed E-state index contributed by atoms with van der Waals surface area (Å²) in [7, 11) is 2.87. The van der Waals surface area contributed by atoms with Crippen LogP contribution in [0.2, 0.25) is 0 Å². The van der Waals surface area contributed by atoms with Crippen molar-refractivity contribution in [1.29, 1.82) is 5.26 Å². The second kappa shape index (κ2) is 4.23. The Hall–Kier alpha value is -2.03. The van der Waals surface area contributed by atoms with Crippen LogP contribution in [0.1, 0.15) is 19.4 Å². The van der Waals surface area contributed by atoms with Crippen LogP contribution in [0.5, 0.6) is 0 Å². The fraction of sp³-hybridized carbons (Fsp3) is 0.500. The van der Waals surface area contributed by atoms with E-state index in [1.807, 2.05) is 19.9 Å². The maximum Gasteiger partial charge on any atom is 0.332 e. The molecule has 1 aromatic rings. The summed E-state index contributed by atoms with van der Waals surface area (Å²) in [6.07, 6.45) is 0. The minimum Gasteiger partial charge on any atom is -0.368 e. The number of hydrogen-bond acceptors (Lipinski definition) is 4. The van der Waals surface area contributed by atoms with Gasteiger partial charge in [-0.1, -0.05) is 0 Å². The minimum absolute atomic E-state index is 0.0322. The molecule has 1 heterocycles. The summed E-state index contributed by atoms with van der Waals surface area (Å²) in [5.41, 5.74) is -1.07. The number of rotatable bonds is 2. The van der Waals surface area contributed by atoms with E-state index in [0.29, 0.717) is 0 Å². The zero-order chi connectivity index (χ0) is 12.5. The van der Waals surface area contributed by atoms with Gasteiger partial charge in [0.1, 0.15) is 11.9 Å². The third-order valence-electron chi connectivity index (χ3n) is 2.20. The van der Waals surface area contributed by atoms with Crippen LogP contribution >= 0.6 is 0 Å². The lowest BCUT2D eigenvalue weighted by molar-refractivity contribution is 0.679. The monoisotopic (exact) mass is 222 g/mol. The smallest absolute Gasteiger partial charge is 0.332 e. The Morgan fingerprint density at radius 3 is 2.25 bits per heavy atom. The molecule has 6 nitrogen and oxygen atoms in total.